The summed E-state index contributed by atoms with van der Waals surface area (Å²) in [7, 11) is 0. The van der Waals surface area contributed by atoms with E-state index in [1.165, 1.54) is 5.56 Å². The van der Waals surface area contributed by atoms with Gasteiger partial charge in [0.15, 0.2) is 0 Å². The predicted octanol–water partition coefficient (Wildman–Crippen LogP) is 3.75. The van der Waals surface area contributed by atoms with E-state index in [0.717, 1.165) is 17.7 Å². The molecule has 138 valence electrons. The molecule has 0 spiro atoms. The van der Waals surface area contributed by atoms with Gasteiger partial charge < -0.3 is 16.0 Å². The molecule has 2 aromatic carbocycles. The van der Waals surface area contributed by atoms with E-state index < -0.39 is 0 Å². The first-order valence-electron chi connectivity index (χ1n) is 8.93. The molecule has 2 aromatic rings. The van der Waals surface area contributed by atoms with E-state index in [2.05, 4.69) is 28.9 Å². The molecule has 0 aliphatic heterocycles. The molecule has 0 saturated heterocycles. The highest BCUT2D eigenvalue weighted by Gasteiger charge is 2.10. The van der Waals surface area contributed by atoms with Crippen LogP contribution in [0.4, 0.5) is 11.4 Å². The summed E-state index contributed by atoms with van der Waals surface area (Å²) in [5, 5.41) is 8.90. The Labute approximate surface area is 155 Å². The van der Waals surface area contributed by atoms with Gasteiger partial charge in [-0.25, -0.2) is 0 Å². The third-order valence-electron chi connectivity index (χ3n) is 3.99. The van der Waals surface area contributed by atoms with Gasteiger partial charge in [-0.2, -0.15) is 0 Å². The predicted molar refractivity (Wildman–Crippen MR) is 107 cm³/mol. The van der Waals surface area contributed by atoms with E-state index >= 15 is 0 Å². The number of rotatable bonds is 7. The molecule has 5 nitrogen and oxygen atoms in total. The van der Waals surface area contributed by atoms with Crippen LogP contribution in [0.25, 0.3) is 0 Å². The first-order chi connectivity index (χ1) is 12.4. The lowest BCUT2D eigenvalue weighted by Gasteiger charge is -2.14. The van der Waals surface area contributed by atoms with Gasteiger partial charge in [0.05, 0.1) is 6.54 Å². The Morgan fingerprint density at radius 3 is 2.50 bits per heavy atom. The summed E-state index contributed by atoms with van der Waals surface area (Å²) < 4.78 is 0. The van der Waals surface area contributed by atoms with Crippen molar-refractivity contribution < 1.29 is 9.59 Å². The molecule has 0 bridgehead atoms. The monoisotopic (exact) mass is 353 g/mol. The molecule has 0 saturated carbocycles. The van der Waals surface area contributed by atoms with Crippen molar-refractivity contribution in [3.05, 3.63) is 59.2 Å². The maximum Gasteiger partial charge on any atom is 0.251 e. The van der Waals surface area contributed by atoms with Crippen LogP contribution in [0.3, 0.4) is 0 Å². The van der Waals surface area contributed by atoms with Gasteiger partial charge in [0.2, 0.25) is 5.91 Å². The fraction of sp³-hybridized carbons (Fsp3) is 0.333. The zero-order chi connectivity index (χ0) is 19.1. The number of carbonyl (C=O) groups is 2. The molecule has 5 heteroatoms. The highest BCUT2D eigenvalue weighted by atomic mass is 16.2. The first-order valence-corrected chi connectivity index (χ1v) is 8.93. The van der Waals surface area contributed by atoms with E-state index in [-0.39, 0.29) is 24.4 Å². The van der Waals surface area contributed by atoms with Crippen molar-refractivity contribution in [1.29, 1.82) is 0 Å². The first kappa shape index (κ1) is 19.5. The molecule has 2 rings (SSSR count). The number of aryl methyl sites for hydroxylation is 2. The Morgan fingerprint density at radius 1 is 1.08 bits per heavy atom. The molecule has 0 fully saturated rings. The van der Waals surface area contributed by atoms with Crippen LogP contribution in [-0.4, -0.2) is 24.4 Å². The topological polar surface area (TPSA) is 70.2 Å². The summed E-state index contributed by atoms with van der Waals surface area (Å²) in [6.45, 7) is 8.10. The standard InChI is InChI=1S/C21H27N3O2/c1-5-16-9-6-8-15(4)20(16)22-13-19(25)24-18-11-7-10-17(12-18)21(26)23-14(2)3/h6-12,14,22H,5,13H2,1-4H3,(H,23,26)(H,24,25). The minimum atomic E-state index is -0.156. The highest BCUT2D eigenvalue weighted by molar-refractivity contribution is 5.98. The van der Waals surface area contributed by atoms with E-state index in [9.17, 15) is 9.59 Å². The normalized spacial score (nSPS) is 10.5. The fourth-order valence-electron chi connectivity index (χ4n) is 2.73. The third-order valence-corrected chi connectivity index (χ3v) is 3.99. The Kier molecular flexibility index (Phi) is 6.78. The van der Waals surface area contributed by atoms with Gasteiger partial charge in [-0.15, -0.1) is 0 Å². The maximum absolute atomic E-state index is 12.3. The lowest BCUT2D eigenvalue weighted by Crippen LogP contribution is -2.30. The van der Waals surface area contributed by atoms with Crippen molar-refractivity contribution in [3.8, 4) is 0 Å². The van der Waals surface area contributed by atoms with E-state index in [0.29, 0.717) is 11.3 Å². The number of para-hydroxylation sites is 1. The Morgan fingerprint density at radius 2 is 1.81 bits per heavy atom. The molecule has 3 N–H and O–H groups in total. The molecule has 0 aliphatic carbocycles. The minimum absolute atomic E-state index is 0.0619. The summed E-state index contributed by atoms with van der Waals surface area (Å²) in [5.74, 6) is -0.307. The van der Waals surface area contributed by atoms with E-state index in [4.69, 9.17) is 0 Å². The average molecular weight is 353 g/mol. The lowest BCUT2D eigenvalue weighted by molar-refractivity contribution is -0.114. The van der Waals surface area contributed by atoms with Gasteiger partial charge in [-0.3, -0.25) is 9.59 Å². The van der Waals surface area contributed by atoms with Crippen molar-refractivity contribution in [2.45, 2.75) is 40.2 Å². The lowest BCUT2D eigenvalue weighted by atomic mass is 10.1. The van der Waals surface area contributed by atoms with Gasteiger partial charge in [0.1, 0.15) is 0 Å². The molecule has 0 atom stereocenters. The minimum Gasteiger partial charge on any atom is -0.376 e. The summed E-state index contributed by atoms with van der Waals surface area (Å²) in [6.07, 6.45) is 0.901. The van der Waals surface area contributed by atoms with Crippen LogP contribution in [0.15, 0.2) is 42.5 Å². The summed E-state index contributed by atoms with van der Waals surface area (Å²) in [4.78, 5) is 24.4. The van der Waals surface area contributed by atoms with Gasteiger partial charge >= 0.3 is 0 Å². The highest BCUT2D eigenvalue weighted by Crippen LogP contribution is 2.20. The number of nitrogens with one attached hydrogen (secondary N) is 3. The van der Waals surface area contributed by atoms with Crippen molar-refractivity contribution in [1.82, 2.24) is 5.32 Å². The SMILES string of the molecule is CCc1cccc(C)c1NCC(=O)Nc1cccc(C(=O)NC(C)C)c1. The summed E-state index contributed by atoms with van der Waals surface area (Å²) >= 11 is 0. The van der Waals surface area contributed by atoms with Crippen LogP contribution < -0.4 is 16.0 Å². The van der Waals surface area contributed by atoms with Crippen LogP contribution in [0.2, 0.25) is 0 Å². The van der Waals surface area contributed by atoms with Crippen LogP contribution in [-0.2, 0) is 11.2 Å². The van der Waals surface area contributed by atoms with E-state index in [1.54, 1.807) is 24.3 Å². The molecule has 0 heterocycles. The molecule has 0 unspecified atom stereocenters. The van der Waals surface area contributed by atoms with Gasteiger partial charge in [-0.1, -0.05) is 31.2 Å². The van der Waals surface area contributed by atoms with Crippen LogP contribution >= 0.6 is 0 Å². The molecule has 26 heavy (non-hydrogen) atoms. The Hall–Kier alpha value is -2.82. The largest absolute Gasteiger partial charge is 0.376 e. The quantitative estimate of drug-likeness (QED) is 0.710. The number of anilines is 2. The van der Waals surface area contributed by atoms with Crippen molar-refractivity contribution in [2.75, 3.05) is 17.2 Å². The van der Waals surface area contributed by atoms with Crippen molar-refractivity contribution in [3.63, 3.8) is 0 Å². The van der Waals surface area contributed by atoms with Gasteiger partial charge in [0, 0.05) is 23.0 Å². The molecule has 2 amide bonds. The number of amides is 2. The van der Waals surface area contributed by atoms with Gasteiger partial charge in [-0.05, 0) is 56.5 Å². The molecule has 0 aromatic heterocycles. The number of benzene rings is 2. The second-order valence-electron chi connectivity index (χ2n) is 6.57. The fourth-order valence-corrected chi connectivity index (χ4v) is 2.73. The second-order valence-corrected chi connectivity index (χ2v) is 6.57. The maximum atomic E-state index is 12.3. The smallest absolute Gasteiger partial charge is 0.251 e. The number of hydrogen-bond donors (Lipinski definition) is 3. The summed E-state index contributed by atoms with van der Waals surface area (Å²) in [6, 6.07) is 13.1. The van der Waals surface area contributed by atoms with Crippen LogP contribution in [0.5, 0.6) is 0 Å². The Balaban J connectivity index is 1.99. The molecular weight excluding hydrogens is 326 g/mol. The van der Waals surface area contributed by atoms with Crippen LogP contribution in [0.1, 0.15) is 42.3 Å². The number of hydrogen-bond acceptors (Lipinski definition) is 3. The summed E-state index contributed by atoms with van der Waals surface area (Å²) in [5.41, 5.74) is 4.44. The molecule has 0 aliphatic rings. The van der Waals surface area contributed by atoms with E-state index in [1.807, 2.05) is 32.9 Å². The van der Waals surface area contributed by atoms with Gasteiger partial charge in [0.25, 0.3) is 5.91 Å². The zero-order valence-electron chi connectivity index (χ0n) is 15.8. The zero-order valence-corrected chi connectivity index (χ0v) is 15.8. The second kappa shape index (κ2) is 9.04. The average Bonchev–Trinajstić information content (AvgIpc) is 2.60. The molecular formula is C21H27N3O2. The van der Waals surface area contributed by atoms with Crippen molar-refractivity contribution in [2.24, 2.45) is 0 Å². The third kappa shape index (κ3) is 5.34. The van der Waals surface area contributed by atoms with Crippen LogP contribution in [0, 0.1) is 6.92 Å². The number of carbonyl (C=O) groups excluding carboxylic acids is 2. The van der Waals surface area contributed by atoms with Crippen molar-refractivity contribution >= 4 is 23.2 Å². The Bertz CT molecular complexity index is 785. The molecule has 0 radical (unpaired) electrons.